The Labute approximate surface area is 205 Å². The van der Waals surface area contributed by atoms with E-state index in [1.165, 1.54) is 16.7 Å². The highest BCUT2D eigenvalue weighted by Crippen LogP contribution is 2.26. The first kappa shape index (κ1) is 24.3. The third-order valence-corrected chi connectivity index (χ3v) is 6.67. The average molecular weight is 531 g/mol. The van der Waals surface area contributed by atoms with Crippen molar-refractivity contribution in [1.82, 2.24) is 20.2 Å². The second-order valence-corrected chi connectivity index (χ2v) is 9.76. The highest BCUT2D eigenvalue weighted by atomic mass is 79.9. The maximum atomic E-state index is 12.3. The van der Waals surface area contributed by atoms with Crippen molar-refractivity contribution in [2.24, 2.45) is 5.10 Å². The van der Waals surface area contributed by atoms with E-state index in [4.69, 9.17) is 0 Å². The highest BCUT2D eigenvalue weighted by molar-refractivity contribution is 9.10. The minimum atomic E-state index is -0.202. The number of rotatable bonds is 10. The Hall–Kier alpha value is -2.36. The number of hydrogen-bond donors (Lipinski definition) is 1. The third-order valence-electron chi connectivity index (χ3n) is 4.43. The maximum Gasteiger partial charge on any atom is 0.250 e. The number of nitrogens with one attached hydrogen (secondary N) is 1. The Morgan fingerprint density at radius 2 is 1.91 bits per heavy atom. The number of halogens is 1. The van der Waals surface area contributed by atoms with Crippen molar-refractivity contribution in [1.29, 1.82) is 0 Å². The molecule has 0 unspecified atom stereocenters. The summed E-state index contributed by atoms with van der Waals surface area (Å²) in [7, 11) is 0. The smallest absolute Gasteiger partial charge is 0.250 e. The summed E-state index contributed by atoms with van der Waals surface area (Å²) in [4.78, 5) is 13.5. The number of hydrogen-bond acceptors (Lipinski definition) is 6. The SMILES string of the molecule is C=C(C)CCn1c(SCC(=O)NN=Cc2ccc(SC)cc2)nnc1-c1ccc(Br)cc1. The molecule has 0 aliphatic rings. The average Bonchev–Trinajstić information content (AvgIpc) is 3.20. The Kier molecular flexibility index (Phi) is 9.13. The summed E-state index contributed by atoms with van der Waals surface area (Å²) in [6, 6.07) is 15.9. The summed E-state index contributed by atoms with van der Waals surface area (Å²) in [6.07, 6.45) is 4.47. The topological polar surface area (TPSA) is 72.2 Å². The molecule has 9 heteroatoms. The third kappa shape index (κ3) is 7.08. The summed E-state index contributed by atoms with van der Waals surface area (Å²) in [5.41, 5.74) is 5.54. The van der Waals surface area contributed by atoms with Gasteiger partial charge >= 0.3 is 0 Å². The summed E-state index contributed by atoms with van der Waals surface area (Å²) in [5, 5.41) is 13.4. The van der Waals surface area contributed by atoms with E-state index in [9.17, 15) is 4.79 Å². The van der Waals surface area contributed by atoms with E-state index in [2.05, 4.69) is 43.2 Å². The lowest BCUT2D eigenvalue weighted by Crippen LogP contribution is -2.20. The van der Waals surface area contributed by atoms with Crippen LogP contribution in [-0.2, 0) is 11.3 Å². The Balaban J connectivity index is 1.63. The molecule has 1 heterocycles. The molecule has 0 radical (unpaired) electrons. The van der Waals surface area contributed by atoms with Gasteiger partial charge in [-0.25, -0.2) is 5.43 Å². The Morgan fingerprint density at radius 3 is 2.56 bits per heavy atom. The first-order valence-corrected chi connectivity index (χ1v) is 12.9. The van der Waals surface area contributed by atoms with Crippen LogP contribution in [0.3, 0.4) is 0 Å². The number of nitrogens with zero attached hydrogens (tertiary/aromatic N) is 4. The van der Waals surface area contributed by atoms with E-state index in [-0.39, 0.29) is 11.7 Å². The number of thioether (sulfide) groups is 2. The molecule has 0 saturated carbocycles. The Morgan fingerprint density at radius 1 is 1.19 bits per heavy atom. The Bertz CT molecular complexity index is 1090. The van der Waals surface area contributed by atoms with Gasteiger partial charge in [0.25, 0.3) is 5.91 Å². The van der Waals surface area contributed by atoms with Crippen LogP contribution in [0.5, 0.6) is 0 Å². The van der Waals surface area contributed by atoms with E-state index in [1.807, 2.05) is 66.3 Å². The van der Waals surface area contributed by atoms with Crippen LogP contribution in [0.4, 0.5) is 0 Å². The zero-order chi connectivity index (χ0) is 22.9. The predicted octanol–water partition coefficient (Wildman–Crippen LogP) is 5.64. The van der Waals surface area contributed by atoms with Gasteiger partial charge in [0.15, 0.2) is 11.0 Å². The maximum absolute atomic E-state index is 12.3. The monoisotopic (exact) mass is 529 g/mol. The molecule has 166 valence electrons. The van der Waals surface area contributed by atoms with Gasteiger partial charge in [0.05, 0.1) is 12.0 Å². The molecule has 3 rings (SSSR count). The van der Waals surface area contributed by atoms with Crippen molar-refractivity contribution >= 4 is 51.6 Å². The molecule has 3 aromatic rings. The molecule has 1 N–H and O–H groups in total. The van der Waals surface area contributed by atoms with Gasteiger partial charge in [0.1, 0.15) is 0 Å². The number of benzene rings is 2. The van der Waals surface area contributed by atoms with Crippen molar-refractivity contribution in [3.05, 3.63) is 70.7 Å². The van der Waals surface area contributed by atoms with E-state index in [1.54, 1.807) is 18.0 Å². The molecule has 0 fully saturated rings. The number of allylic oxidation sites excluding steroid dienone is 1. The van der Waals surface area contributed by atoms with Gasteiger partial charge in [-0.15, -0.1) is 28.5 Å². The minimum absolute atomic E-state index is 0.189. The second-order valence-electron chi connectivity index (χ2n) is 7.03. The van der Waals surface area contributed by atoms with Gasteiger partial charge in [-0.2, -0.15) is 5.10 Å². The van der Waals surface area contributed by atoms with Gasteiger partial charge in [-0.3, -0.25) is 4.79 Å². The van der Waals surface area contributed by atoms with Crippen LogP contribution >= 0.6 is 39.5 Å². The van der Waals surface area contributed by atoms with Crippen LogP contribution in [0.2, 0.25) is 0 Å². The summed E-state index contributed by atoms with van der Waals surface area (Å²) >= 11 is 6.48. The van der Waals surface area contributed by atoms with Crippen molar-refractivity contribution in [2.75, 3.05) is 12.0 Å². The van der Waals surface area contributed by atoms with Gasteiger partial charge in [-0.1, -0.05) is 57.5 Å². The van der Waals surface area contributed by atoms with Crippen LogP contribution in [0.1, 0.15) is 18.9 Å². The van der Waals surface area contributed by atoms with Crippen LogP contribution in [-0.4, -0.2) is 38.9 Å². The molecule has 0 spiro atoms. The van der Waals surface area contributed by atoms with E-state index >= 15 is 0 Å². The summed E-state index contributed by atoms with van der Waals surface area (Å²) < 4.78 is 3.04. The molecule has 0 aliphatic heterocycles. The number of hydrazone groups is 1. The first-order valence-electron chi connectivity index (χ1n) is 9.88. The molecule has 0 bridgehead atoms. The zero-order valence-corrected chi connectivity index (χ0v) is 21.1. The highest BCUT2D eigenvalue weighted by Gasteiger charge is 2.15. The minimum Gasteiger partial charge on any atom is -0.302 e. The van der Waals surface area contributed by atoms with Gasteiger partial charge in [-0.05, 0) is 49.4 Å². The number of amides is 1. The van der Waals surface area contributed by atoms with Gasteiger partial charge < -0.3 is 4.57 Å². The van der Waals surface area contributed by atoms with Crippen molar-refractivity contribution in [3.63, 3.8) is 0 Å². The van der Waals surface area contributed by atoms with Crippen LogP contribution in [0, 0.1) is 0 Å². The number of aromatic nitrogens is 3. The van der Waals surface area contributed by atoms with Gasteiger partial charge in [0.2, 0.25) is 0 Å². The van der Waals surface area contributed by atoms with Crippen LogP contribution in [0.15, 0.2) is 80.3 Å². The molecule has 0 saturated heterocycles. The fourth-order valence-electron chi connectivity index (χ4n) is 2.74. The lowest BCUT2D eigenvalue weighted by atomic mass is 10.2. The van der Waals surface area contributed by atoms with Crippen molar-refractivity contribution < 1.29 is 4.79 Å². The summed E-state index contributed by atoms with van der Waals surface area (Å²) in [5.74, 6) is 0.758. The quantitative estimate of drug-likeness (QED) is 0.159. The lowest BCUT2D eigenvalue weighted by Gasteiger charge is -2.10. The van der Waals surface area contributed by atoms with E-state index < -0.39 is 0 Å². The molecular weight excluding hydrogens is 506 g/mol. The molecule has 0 aliphatic carbocycles. The largest absolute Gasteiger partial charge is 0.302 e. The van der Waals surface area contributed by atoms with Crippen LogP contribution < -0.4 is 5.43 Å². The molecule has 0 atom stereocenters. The van der Waals surface area contributed by atoms with Crippen molar-refractivity contribution in [2.45, 2.75) is 29.9 Å². The molecule has 6 nitrogen and oxygen atoms in total. The fourth-order valence-corrected chi connectivity index (χ4v) is 4.17. The molecule has 32 heavy (non-hydrogen) atoms. The summed E-state index contributed by atoms with van der Waals surface area (Å²) in [6.45, 7) is 6.69. The van der Waals surface area contributed by atoms with Crippen molar-refractivity contribution in [3.8, 4) is 11.4 Å². The molecule has 2 aromatic carbocycles. The standard InChI is InChI=1S/C23H24BrN5OS2/c1-16(2)12-13-29-22(18-6-8-19(24)9-7-18)27-28-23(29)32-15-21(30)26-25-14-17-4-10-20(31-3)11-5-17/h4-11,14H,1,12-13,15H2,2-3H3,(H,26,30). The normalized spacial score (nSPS) is 11.1. The fraction of sp³-hybridized carbons (Fsp3) is 0.217. The molecule has 1 amide bonds. The second kappa shape index (κ2) is 12.0. The van der Waals surface area contributed by atoms with E-state index in [0.717, 1.165) is 33.4 Å². The lowest BCUT2D eigenvalue weighted by molar-refractivity contribution is -0.118. The zero-order valence-electron chi connectivity index (χ0n) is 17.9. The predicted molar refractivity (Wildman–Crippen MR) is 137 cm³/mol. The number of carbonyl (C=O) groups is 1. The van der Waals surface area contributed by atoms with Gasteiger partial charge in [0, 0.05) is 21.5 Å². The van der Waals surface area contributed by atoms with E-state index in [0.29, 0.717) is 11.7 Å². The van der Waals surface area contributed by atoms with Crippen LogP contribution in [0.25, 0.3) is 11.4 Å². The molecule has 1 aromatic heterocycles. The number of carbonyl (C=O) groups excluding carboxylic acids is 1. The first-order chi connectivity index (χ1) is 15.5. The molecular formula is C23H24BrN5OS2.